The summed E-state index contributed by atoms with van der Waals surface area (Å²) in [7, 11) is 0. The fourth-order valence-corrected chi connectivity index (χ4v) is 5.18. The monoisotopic (exact) mass is 460 g/mol. The molecule has 3 aromatic carbocycles. The lowest BCUT2D eigenvalue weighted by molar-refractivity contribution is 0.292. The van der Waals surface area contributed by atoms with Gasteiger partial charge in [-0.1, -0.05) is 97.2 Å². The number of phenols is 2. The molecule has 0 radical (unpaired) electrons. The molecule has 3 aromatic rings. The summed E-state index contributed by atoms with van der Waals surface area (Å²) in [6.45, 7) is 13.7. The van der Waals surface area contributed by atoms with Crippen molar-refractivity contribution in [3.05, 3.63) is 70.8 Å². The summed E-state index contributed by atoms with van der Waals surface area (Å²) in [5.41, 5.74) is 5.23. The van der Waals surface area contributed by atoms with Crippen LogP contribution in [0.3, 0.4) is 0 Å². The molecule has 0 spiro atoms. The van der Waals surface area contributed by atoms with E-state index in [0.29, 0.717) is 11.2 Å². The molecule has 0 aliphatic carbocycles. The second-order valence-corrected chi connectivity index (χ2v) is 11.4. The maximum Gasteiger partial charge on any atom is 0.126 e. The topological polar surface area (TPSA) is 40.5 Å². The molecule has 0 bridgehead atoms. The Morgan fingerprint density at radius 3 is 1.91 bits per heavy atom. The van der Waals surface area contributed by atoms with Crippen LogP contribution in [0.25, 0.3) is 10.8 Å². The highest BCUT2D eigenvalue weighted by atomic mass is 16.3. The quantitative estimate of drug-likeness (QED) is 0.300. The number of hydrogen-bond acceptors (Lipinski definition) is 2. The van der Waals surface area contributed by atoms with Crippen molar-refractivity contribution in [2.45, 2.75) is 92.9 Å². The van der Waals surface area contributed by atoms with E-state index >= 15 is 0 Å². The maximum atomic E-state index is 11.1. The first-order valence-corrected chi connectivity index (χ1v) is 13.1. The summed E-state index contributed by atoms with van der Waals surface area (Å²) in [5, 5.41) is 23.2. The van der Waals surface area contributed by atoms with Gasteiger partial charge in [0.15, 0.2) is 0 Å². The van der Waals surface area contributed by atoms with Gasteiger partial charge in [0.2, 0.25) is 0 Å². The second kappa shape index (κ2) is 10.8. The Kier molecular flexibility index (Phi) is 8.34. The summed E-state index contributed by atoms with van der Waals surface area (Å²) >= 11 is 0. The normalized spacial score (nSPS) is 12.4. The smallest absolute Gasteiger partial charge is 0.126 e. The van der Waals surface area contributed by atoms with Gasteiger partial charge in [0.1, 0.15) is 11.5 Å². The maximum absolute atomic E-state index is 11.1. The third-order valence-corrected chi connectivity index (χ3v) is 7.89. The van der Waals surface area contributed by atoms with Gasteiger partial charge in [-0.05, 0) is 77.3 Å². The number of phenolic OH excluding ortho intramolecular Hbond substituents is 2. The number of hydrogen-bond donors (Lipinski definition) is 2. The van der Waals surface area contributed by atoms with Crippen molar-refractivity contribution in [1.29, 1.82) is 0 Å². The van der Waals surface area contributed by atoms with E-state index < -0.39 is 0 Å². The van der Waals surface area contributed by atoms with Crippen LogP contribution in [0, 0.1) is 10.8 Å². The second-order valence-electron chi connectivity index (χ2n) is 11.4. The van der Waals surface area contributed by atoms with Gasteiger partial charge in [0.05, 0.1) is 0 Å². The van der Waals surface area contributed by atoms with Gasteiger partial charge in [0.25, 0.3) is 0 Å². The Balaban J connectivity index is 1.77. The van der Waals surface area contributed by atoms with E-state index in [0.717, 1.165) is 60.4 Å². The number of benzene rings is 3. The van der Waals surface area contributed by atoms with Crippen molar-refractivity contribution in [3.63, 3.8) is 0 Å². The van der Waals surface area contributed by atoms with Crippen LogP contribution in [-0.2, 0) is 25.7 Å². The molecule has 2 heteroatoms. The summed E-state index contributed by atoms with van der Waals surface area (Å²) in [6.07, 6.45) is 8.29. The van der Waals surface area contributed by atoms with Gasteiger partial charge < -0.3 is 10.2 Å². The minimum atomic E-state index is 0.169. The number of fused-ring (bicyclic) bond motifs is 1. The van der Waals surface area contributed by atoms with Crippen molar-refractivity contribution in [1.82, 2.24) is 0 Å². The first-order chi connectivity index (χ1) is 16.1. The summed E-state index contributed by atoms with van der Waals surface area (Å²) in [5.74, 6) is 0.568. The Morgan fingerprint density at radius 1 is 0.676 bits per heavy atom. The third kappa shape index (κ3) is 6.34. The predicted molar refractivity (Wildman–Crippen MR) is 146 cm³/mol. The molecule has 0 aliphatic heterocycles. The zero-order valence-electron chi connectivity index (χ0n) is 22.2. The molecule has 0 fully saturated rings. The zero-order chi connectivity index (χ0) is 24.9. The van der Waals surface area contributed by atoms with E-state index in [-0.39, 0.29) is 11.2 Å². The Hall–Kier alpha value is -2.48. The minimum absolute atomic E-state index is 0.169. The van der Waals surface area contributed by atoms with E-state index in [4.69, 9.17) is 0 Å². The largest absolute Gasteiger partial charge is 0.507 e. The van der Waals surface area contributed by atoms with E-state index in [9.17, 15) is 10.2 Å². The van der Waals surface area contributed by atoms with Crippen LogP contribution in [0.5, 0.6) is 11.5 Å². The van der Waals surface area contributed by atoms with Crippen molar-refractivity contribution in [2.75, 3.05) is 0 Å². The first-order valence-electron chi connectivity index (χ1n) is 13.1. The van der Waals surface area contributed by atoms with Gasteiger partial charge in [-0.15, -0.1) is 0 Å². The average Bonchev–Trinajstić information content (AvgIpc) is 2.80. The van der Waals surface area contributed by atoms with Crippen molar-refractivity contribution in [3.8, 4) is 11.5 Å². The molecular weight excluding hydrogens is 416 g/mol. The SMILES string of the molecule is CCCC(C)(C)Cc1ccc(CCc2cc(O)c3ccc(CC(C)(CC)CC)c(O)c3c2)cc1. The predicted octanol–water partition coefficient (Wildman–Crippen LogP) is 8.77. The lowest BCUT2D eigenvalue weighted by Gasteiger charge is -2.27. The van der Waals surface area contributed by atoms with Crippen molar-refractivity contribution in [2.24, 2.45) is 10.8 Å². The molecule has 0 aliphatic rings. The number of aryl methyl sites for hydroxylation is 2. The number of aromatic hydroxyl groups is 2. The van der Waals surface area contributed by atoms with Gasteiger partial charge in [-0.2, -0.15) is 0 Å². The van der Waals surface area contributed by atoms with Crippen LogP contribution in [0.4, 0.5) is 0 Å². The lowest BCUT2D eigenvalue weighted by atomic mass is 9.78. The lowest BCUT2D eigenvalue weighted by Crippen LogP contribution is -2.17. The van der Waals surface area contributed by atoms with Crippen LogP contribution < -0.4 is 0 Å². The third-order valence-electron chi connectivity index (χ3n) is 7.89. The number of rotatable bonds is 11. The molecular formula is C32H44O2. The molecule has 34 heavy (non-hydrogen) atoms. The van der Waals surface area contributed by atoms with Crippen LogP contribution >= 0.6 is 0 Å². The molecule has 0 heterocycles. The van der Waals surface area contributed by atoms with E-state index in [1.807, 2.05) is 18.2 Å². The average molecular weight is 461 g/mol. The van der Waals surface area contributed by atoms with Gasteiger partial charge in [-0.3, -0.25) is 0 Å². The van der Waals surface area contributed by atoms with Crippen LogP contribution in [0.1, 0.15) is 89.5 Å². The van der Waals surface area contributed by atoms with Gasteiger partial charge in [-0.25, -0.2) is 0 Å². The summed E-state index contributed by atoms with van der Waals surface area (Å²) < 4.78 is 0. The van der Waals surface area contributed by atoms with E-state index in [1.54, 1.807) is 0 Å². The minimum Gasteiger partial charge on any atom is -0.507 e. The highest BCUT2D eigenvalue weighted by Crippen LogP contribution is 2.39. The van der Waals surface area contributed by atoms with Crippen LogP contribution in [-0.4, -0.2) is 10.2 Å². The molecule has 184 valence electrons. The van der Waals surface area contributed by atoms with Gasteiger partial charge in [0, 0.05) is 10.8 Å². The molecule has 0 amide bonds. The van der Waals surface area contributed by atoms with E-state index in [2.05, 4.69) is 71.9 Å². The van der Waals surface area contributed by atoms with Crippen molar-refractivity contribution >= 4 is 10.8 Å². The summed E-state index contributed by atoms with van der Waals surface area (Å²) in [4.78, 5) is 0. The molecule has 0 saturated heterocycles. The molecule has 0 saturated carbocycles. The fraction of sp³-hybridized carbons (Fsp3) is 0.500. The molecule has 0 unspecified atom stereocenters. The van der Waals surface area contributed by atoms with Crippen molar-refractivity contribution < 1.29 is 10.2 Å². The molecule has 3 rings (SSSR count). The van der Waals surface area contributed by atoms with Gasteiger partial charge >= 0.3 is 0 Å². The molecule has 2 N–H and O–H groups in total. The van der Waals surface area contributed by atoms with Crippen LogP contribution in [0.2, 0.25) is 0 Å². The molecule has 0 aromatic heterocycles. The molecule has 2 nitrogen and oxygen atoms in total. The zero-order valence-corrected chi connectivity index (χ0v) is 22.2. The standard InChI is InChI=1S/C32H44O2/c1-7-18-31(4,5)21-24-13-10-23(11-14-24)12-15-25-19-28-27(29(33)20-25)17-16-26(30(28)34)22-32(6,8-2)9-3/h10-11,13-14,16-17,19-20,33-34H,7-9,12,15,18,21-22H2,1-6H3. The first kappa shape index (κ1) is 26.1. The Labute approximate surface area is 207 Å². The highest BCUT2D eigenvalue weighted by molar-refractivity contribution is 5.94. The van der Waals surface area contributed by atoms with E-state index in [1.165, 1.54) is 24.0 Å². The fourth-order valence-electron chi connectivity index (χ4n) is 5.18. The van der Waals surface area contributed by atoms with Crippen LogP contribution in [0.15, 0.2) is 48.5 Å². The Bertz CT molecular complexity index is 1090. The summed E-state index contributed by atoms with van der Waals surface area (Å²) in [6, 6.07) is 16.9. The highest BCUT2D eigenvalue weighted by Gasteiger charge is 2.23. The molecule has 0 atom stereocenters. The Morgan fingerprint density at radius 2 is 1.29 bits per heavy atom.